The van der Waals surface area contributed by atoms with Crippen molar-refractivity contribution < 1.29 is 43.9 Å². The Labute approximate surface area is 314 Å². The molecule has 3 N–H and O–H groups in total. The van der Waals surface area contributed by atoms with Crippen molar-refractivity contribution in [3.8, 4) is 0 Å². The van der Waals surface area contributed by atoms with E-state index in [1.54, 1.807) is 11.0 Å². The number of nitrogens with zero attached hydrogens (tertiary/aromatic N) is 4. The largest absolute Gasteiger partial charge is 0.419 e. The second-order valence-corrected chi connectivity index (χ2v) is 13.0. The second-order valence-electron chi connectivity index (χ2n) is 13.0. The van der Waals surface area contributed by atoms with Crippen LogP contribution in [-0.4, -0.2) is 39.3 Å². The summed E-state index contributed by atoms with van der Waals surface area (Å²) >= 11 is 0. The predicted molar refractivity (Wildman–Crippen MR) is 194 cm³/mol. The minimum absolute atomic E-state index is 0.148. The lowest BCUT2D eigenvalue weighted by atomic mass is 10.0. The first-order valence-electron chi connectivity index (χ1n) is 17.9. The van der Waals surface area contributed by atoms with Gasteiger partial charge in [0.05, 0.1) is 29.8 Å². The first-order valence-corrected chi connectivity index (χ1v) is 17.9. The molecule has 3 fully saturated rings. The van der Waals surface area contributed by atoms with Crippen LogP contribution in [0.5, 0.6) is 0 Å². The summed E-state index contributed by atoms with van der Waals surface area (Å²) in [6, 6.07) is 9.82. The molecule has 0 bridgehead atoms. The highest BCUT2D eigenvalue weighted by atomic mass is 19.4. The van der Waals surface area contributed by atoms with E-state index in [2.05, 4.69) is 15.0 Å². The van der Waals surface area contributed by atoms with Crippen molar-refractivity contribution in [3.05, 3.63) is 106 Å². The van der Waals surface area contributed by atoms with Crippen molar-refractivity contribution in [1.29, 1.82) is 0 Å². The molecule has 300 valence electrons. The molecule has 0 aromatic heterocycles. The van der Waals surface area contributed by atoms with Crippen molar-refractivity contribution in [1.82, 2.24) is 5.32 Å². The number of rotatable bonds is 3. The summed E-state index contributed by atoms with van der Waals surface area (Å²) in [5.41, 5.74) is 4.24. The van der Waals surface area contributed by atoms with E-state index in [-0.39, 0.29) is 29.3 Å². The number of nitrogens with two attached hydrogens (primary N) is 1. The van der Waals surface area contributed by atoms with Gasteiger partial charge in [0, 0.05) is 44.1 Å². The van der Waals surface area contributed by atoms with Crippen LogP contribution in [0.4, 0.5) is 66.7 Å². The summed E-state index contributed by atoms with van der Waals surface area (Å²) in [6.45, 7) is 18.8. The van der Waals surface area contributed by atoms with E-state index in [9.17, 15) is 43.9 Å². The van der Waals surface area contributed by atoms with Gasteiger partial charge in [-0.3, -0.25) is 0 Å². The van der Waals surface area contributed by atoms with Crippen molar-refractivity contribution >= 4 is 22.7 Å². The topological polar surface area (TPSA) is 53.2 Å². The molecule has 0 radical (unpaired) electrons. The summed E-state index contributed by atoms with van der Waals surface area (Å²) in [6.07, 6.45) is -3.31. The SMILES string of the molecule is C1CCNCC1.NCc1ccc(C(F)(F)F)c(N2CCCCC2)c1.[C-]#[N+]c1ccc(C(F)(F)F)c(F)c1.[C-]#[N+]c1ccc(C(F)(F)F)c(N2CCCCC2)c1. The predicted octanol–water partition coefficient (Wildman–Crippen LogP) is 11.6. The molecule has 3 aliphatic heterocycles. The summed E-state index contributed by atoms with van der Waals surface area (Å²) in [7, 11) is 0. The third kappa shape index (κ3) is 14.2. The van der Waals surface area contributed by atoms with E-state index in [4.69, 9.17) is 18.9 Å². The van der Waals surface area contributed by atoms with Gasteiger partial charge in [-0.15, -0.1) is 0 Å². The first-order chi connectivity index (χ1) is 26.0. The third-order valence-corrected chi connectivity index (χ3v) is 9.01. The summed E-state index contributed by atoms with van der Waals surface area (Å²) in [5.74, 6) is -1.42. The summed E-state index contributed by atoms with van der Waals surface area (Å²) in [4.78, 5) is 9.56. The number of alkyl halides is 9. The fourth-order valence-corrected chi connectivity index (χ4v) is 6.17. The maximum Gasteiger partial charge on any atom is 0.419 e. The van der Waals surface area contributed by atoms with Crippen LogP contribution >= 0.6 is 0 Å². The Morgan fingerprint density at radius 1 is 0.545 bits per heavy atom. The Morgan fingerprint density at radius 2 is 0.945 bits per heavy atom. The van der Waals surface area contributed by atoms with Gasteiger partial charge < -0.3 is 20.9 Å². The zero-order chi connectivity index (χ0) is 40.6. The Morgan fingerprint density at radius 3 is 1.31 bits per heavy atom. The Balaban J connectivity index is 0.000000208. The highest BCUT2D eigenvalue weighted by molar-refractivity contribution is 5.64. The number of benzene rings is 3. The van der Waals surface area contributed by atoms with Crippen molar-refractivity contribution in [2.75, 3.05) is 49.1 Å². The van der Waals surface area contributed by atoms with Crippen LogP contribution in [0.3, 0.4) is 0 Å². The molecule has 0 spiro atoms. The van der Waals surface area contributed by atoms with E-state index in [1.807, 2.05) is 4.90 Å². The number of nitrogens with one attached hydrogen (secondary N) is 1. The zero-order valence-corrected chi connectivity index (χ0v) is 30.2. The minimum atomic E-state index is -4.70. The van der Waals surface area contributed by atoms with Crippen LogP contribution in [0.1, 0.15) is 80.0 Å². The van der Waals surface area contributed by atoms with Crippen LogP contribution in [0.15, 0.2) is 54.6 Å². The number of halogens is 10. The Hall–Kier alpha value is -4.54. The van der Waals surface area contributed by atoms with Crippen LogP contribution in [-0.2, 0) is 25.1 Å². The molecule has 16 heteroatoms. The quantitative estimate of drug-likeness (QED) is 0.205. The number of piperidine rings is 3. The van der Waals surface area contributed by atoms with E-state index in [0.29, 0.717) is 38.3 Å². The molecule has 0 aliphatic carbocycles. The normalized spacial score (nSPS) is 16.2. The van der Waals surface area contributed by atoms with E-state index < -0.39 is 41.0 Å². The molecule has 6 rings (SSSR count). The molecular formula is C39H44F10N6. The van der Waals surface area contributed by atoms with Gasteiger partial charge in [0.25, 0.3) is 0 Å². The average Bonchev–Trinajstić information content (AvgIpc) is 3.18. The van der Waals surface area contributed by atoms with Crippen molar-refractivity contribution in [3.63, 3.8) is 0 Å². The lowest BCUT2D eigenvalue weighted by molar-refractivity contribution is -0.140. The third-order valence-electron chi connectivity index (χ3n) is 9.01. The zero-order valence-electron chi connectivity index (χ0n) is 30.2. The summed E-state index contributed by atoms with van der Waals surface area (Å²) < 4.78 is 126. The lowest BCUT2D eigenvalue weighted by Gasteiger charge is -2.31. The molecular weight excluding hydrogens is 742 g/mol. The van der Waals surface area contributed by atoms with Crippen molar-refractivity contribution in [2.24, 2.45) is 5.73 Å². The molecule has 3 aromatic rings. The molecule has 3 saturated heterocycles. The van der Waals surface area contributed by atoms with Gasteiger partial charge in [-0.1, -0.05) is 36.8 Å². The van der Waals surface area contributed by atoms with E-state index in [1.165, 1.54) is 50.6 Å². The molecule has 3 aromatic carbocycles. The van der Waals surface area contributed by atoms with E-state index in [0.717, 1.165) is 62.3 Å². The second kappa shape index (κ2) is 20.9. The highest BCUT2D eigenvalue weighted by Crippen LogP contribution is 2.40. The van der Waals surface area contributed by atoms with Crippen LogP contribution in [0.2, 0.25) is 0 Å². The van der Waals surface area contributed by atoms with Gasteiger partial charge in [-0.25, -0.2) is 14.1 Å². The molecule has 0 amide bonds. The van der Waals surface area contributed by atoms with Gasteiger partial charge in [0.2, 0.25) is 0 Å². The van der Waals surface area contributed by atoms with Crippen LogP contribution < -0.4 is 20.9 Å². The van der Waals surface area contributed by atoms with Gasteiger partial charge >= 0.3 is 18.5 Å². The Bertz CT molecular complexity index is 1710. The lowest BCUT2D eigenvalue weighted by Crippen LogP contribution is -2.31. The highest BCUT2D eigenvalue weighted by Gasteiger charge is 2.36. The van der Waals surface area contributed by atoms with Gasteiger partial charge in [0.1, 0.15) is 5.82 Å². The maximum absolute atomic E-state index is 13.0. The molecule has 0 unspecified atom stereocenters. The average molecular weight is 787 g/mol. The standard InChI is InChI=1S/C13H13F3N2.C13H17F3N2.C8H3F4N.C5H11N/c1-17-10-5-6-11(13(14,15)16)12(9-10)18-7-3-2-4-8-18;14-13(15,16)11-5-4-10(9-17)8-12(11)18-6-2-1-3-7-18;1-13-5-2-3-6(7(9)4-5)8(10,11)12;1-2-4-6-5-3-1/h5-6,9H,2-4,7-8H2;4-5,8H,1-3,6-7,9,17H2;2-4H;6H,1-5H2. The van der Waals surface area contributed by atoms with Gasteiger partial charge in [0.15, 0.2) is 11.4 Å². The molecule has 0 saturated carbocycles. The number of hydrogen-bond acceptors (Lipinski definition) is 4. The van der Waals surface area contributed by atoms with E-state index >= 15 is 0 Å². The maximum atomic E-state index is 13.0. The molecule has 3 heterocycles. The smallest absolute Gasteiger partial charge is 0.372 e. The van der Waals surface area contributed by atoms with Crippen LogP contribution in [0.25, 0.3) is 9.69 Å². The number of hydrogen-bond donors (Lipinski definition) is 2. The van der Waals surface area contributed by atoms with Crippen molar-refractivity contribution in [2.45, 2.75) is 82.9 Å². The molecule has 6 nitrogen and oxygen atoms in total. The van der Waals surface area contributed by atoms with Crippen LogP contribution in [0, 0.1) is 19.0 Å². The van der Waals surface area contributed by atoms with Gasteiger partial charge in [-0.2, -0.15) is 39.5 Å². The number of anilines is 2. The van der Waals surface area contributed by atoms with Gasteiger partial charge in [-0.05, 0) is 94.3 Å². The monoisotopic (exact) mass is 786 g/mol. The fraction of sp³-hybridized carbons (Fsp3) is 0.487. The molecule has 55 heavy (non-hydrogen) atoms. The Kier molecular flexibility index (Phi) is 17.1. The minimum Gasteiger partial charge on any atom is -0.372 e. The summed E-state index contributed by atoms with van der Waals surface area (Å²) in [5, 5.41) is 3.28. The molecule has 3 aliphatic rings. The molecule has 0 atom stereocenters. The fourth-order valence-electron chi connectivity index (χ4n) is 6.17. The first kappa shape index (κ1) is 44.9.